The average molecular weight is 272 g/mol. The lowest BCUT2D eigenvalue weighted by atomic mass is 10.3. The molecule has 0 spiro atoms. The van der Waals surface area contributed by atoms with E-state index in [1.165, 1.54) is 18.4 Å². The van der Waals surface area contributed by atoms with Gasteiger partial charge >= 0.3 is 0 Å². The summed E-state index contributed by atoms with van der Waals surface area (Å²) in [6, 6.07) is 4.72. The van der Waals surface area contributed by atoms with Gasteiger partial charge < -0.3 is 10.1 Å². The van der Waals surface area contributed by atoms with Gasteiger partial charge in [0.1, 0.15) is 5.75 Å². The summed E-state index contributed by atoms with van der Waals surface area (Å²) in [7, 11) is 1.92. The first kappa shape index (κ1) is 13.1. The van der Waals surface area contributed by atoms with Crippen LogP contribution in [-0.4, -0.2) is 27.4 Å². The third kappa shape index (κ3) is 3.81. The van der Waals surface area contributed by atoms with Crippen LogP contribution in [0.2, 0.25) is 0 Å². The van der Waals surface area contributed by atoms with Crippen LogP contribution >= 0.6 is 0 Å². The Morgan fingerprint density at radius 3 is 2.90 bits per heavy atom. The van der Waals surface area contributed by atoms with Crippen molar-refractivity contribution < 1.29 is 4.74 Å². The van der Waals surface area contributed by atoms with E-state index in [2.05, 4.69) is 15.4 Å². The van der Waals surface area contributed by atoms with Crippen molar-refractivity contribution in [2.75, 3.05) is 6.61 Å². The van der Waals surface area contributed by atoms with Gasteiger partial charge in [0, 0.05) is 32.3 Å². The Morgan fingerprint density at radius 2 is 2.25 bits per heavy atom. The molecule has 1 aliphatic rings. The number of ether oxygens (including phenoxy) is 1. The molecule has 5 heteroatoms. The van der Waals surface area contributed by atoms with Crippen molar-refractivity contribution in [2.24, 2.45) is 7.05 Å². The van der Waals surface area contributed by atoms with Crippen LogP contribution in [0.4, 0.5) is 0 Å². The molecule has 0 bridgehead atoms. The molecule has 0 saturated heterocycles. The fraction of sp³-hybridized carbons (Fsp3) is 0.467. The number of aryl methyl sites for hydroxylation is 1. The largest absolute Gasteiger partial charge is 0.492 e. The van der Waals surface area contributed by atoms with Crippen molar-refractivity contribution in [1.82, 2.24) is 20.1 Å². The minimum absolute atomic E-state index is 0.646. The smallest absolute Gasteiger partial charge is 0.137 e. The first-order valence-electron chi connectivity index (χ1n) is 7.08. The van der Waals surface area contributed by atoms with Crippen LogP contribution in [0.5, 0.6) is 5.75 Å². The van der Waals surface area contributed by atoms with E-state index in [0.29, 0.717) is 12.6 Å². The van der Waals surface area contributed by atoms with Crippen LogP contribution in [0.15, 0.2) is 30.7 Å². The molecule has 1 N–H and O–H groups in total. The Kier molecular flexibility index (Phi) is 3.97. The Hall–Kier alpha value is -1.88. The lowest BCUT2D eigenvalue weighted by molar-refractivity contribution is 0.320. The molecule has 1 fully saturated rings. The molecule has 0 unspecified atom stereocenters. The van der Waals surface area contributed by atoms with Crippen LogP contribution in [0.3, 0.4) is 0 Å². The molecule has 2 aromatic heterocycles. The summed E-state index contributed by atoms with van der Waals surface area (Å²) in [5.74, 6) is 0.823. The third-order valence-corrected chi connectivity index (χ3v) is 3.36. The van der Waals surface area contributed by atoms with Crippen LogP contribution < -0.4 is 10.1 Å². The van der Waals surface area contributed by atoms with Gasteiger partial charge in [-0.15, -0.1) is 0 Å². The molecule has 106 valence electrons. The van der Waals surface area contributed by atoms with Crippen molar-refractivity contribution in [2.45, 2.75) is 31.8 Å². The highest BCUT2D eigenvalue weighted by Crippen LogP contribution is 2.19. The zero-order chi connectivity index (χ0) is 13.8. The number of nitrogens with zero attached hydrogens (tertiary/aromatic N) is 3. The van der Waals surface area contributed by atoms with E-state index >= 15 is 0 Å². The van der Waals surface area contributed by atoms with E-state index in [4.69, 9.17) is 4.74 Å². The van der Waals surface area contributed by atoms with Crippen LogP contribution in [0, 0.1) is 0 Å². The number of aromatic nitrogens is 3. The summed E-state index contributed by atoms with van der Waals surface area (Å²) < 4.78 is 7.50. The standard InChI is InChI=1S/C15H20N4O/c1-19-11-12(8-18-19)6-7-20-15-5-4-14(17-10-15)9-16-13-2-3-13/h4-5,8,10-11,13,16H,2-3,6-7,9H2,1H3. The second-order valence-corrected chi connectivity index (χ2v) is 5.26. The second-order valence-electron chi connectivity index (χ2n) is 5.26. The monoisotopic (exact) mass is 272 g/mol. The molecule has 2 heterocycles. The van der Waals surface area contributed by atoms with Crippen molar-refractivity contribution in [3.8, 4) is 5.75 Å². The molecule has 2 aromatic rings. The van der Waals surface area contributed by atoms with Gasteiger partial charge in [0.25, 0.3) is 0 Å². The summed E-state index contributed by atoms with van der Waals surface area (Å²) in [5, 5.41) is 7.58. The Labute approximate surface area is 119 Å². The maximum absolute atomic E-state index is 5.69. The Balaban J connectivity index is 1.42. The van der Waals surface area contributed by atoms with E-state index < -0.39 is 0 Å². The lowest BCUT2D eigenvalue weighted by Crippen LogP contribution is -2.16. The number of pyridine rings is 1. The minimum atomic E-state index is 0.646. The van der Waals surface area contributed by atoms with Crippen molar-refractivity contribution in [3.63, 3.8) is 0 Å². The van der Waals surface area contributed by atoms with Gasteiger partial charge in [-0.1, -0.05) is 0 Å². The van der Waals surface area contributed by atoms with E-state index in [0.717, 1.165) is 24.4 Å². The zero-order valence-electron chi connectivity index (χ0n) is 11.7. The summed E-state index contributed by atoms with van der Waals surface area (Å²) in [4.78, 5) is 4.40. The number of nitrogens with one attached hydrogen (secondary N) is 1. The predicted octanol–water partition coefficient (Wildman–Crippen LogP) is 1.69. The van der Waals surface area contributed by atoms with E-state index in [-0.39, 0.29) is 0 Å². The summed E-state index contributed by atoms with van der Waals surface area (Å²) in [5.41, 5.74) is 2.25. The van der Waals surface area contributed by atoms with Gasteiger partial charge in [-0.3, -0.25) is 9.67 Å². The number of hydrogen-bond acceptors (Lipinski definition) is 4. The van der Waals surface area contributed by atoms with E-state index in [9.17, 15) is 0 Å². The van der Waals surface area contributed by atoms with Gasteiger partial charge in [0.2, 0.25) is 0 Å². The first-order chi connectivity index (χ1) is 9.79. The fourth-order valence-electron chi connectivity index (χ4n) is 2.02. The van der Waals surface area contributed by atoms with Gasteiger partial charge in [-0.2, -0.15) is 5.10 Å². The molecule has 1 aliphatic carbocycles. The maximum atomic E-state index is 5.69. The zero-order valence-corrected chi connectivity index (χ0v) is 11.7. The molecule has 0 aromatic carbocycles. The molecule has 20 heavy (non-hydrogen) atoms. The molecular weight excluding hydrogens is 252 g/mol. The minimum Gasteiger partial charge on any atom is -0.492 e. The van der Waals surface area contributed by atoms with Gasteiger partial charge in [0.15, 0.2) is 0 Å². The Bertz CT molecular complexity index is 545. The predicted molar refractivity (Wildman–Crippen MR) is 76.5 cm³/mol. The molecule has 0 amide bonds. The summed E-state index contributed by atoms with van der Waals surface area (Å²) >= 11 is 0. The quantitative estimate of drug-likeness (QED) is 0.833. The van der Waals surface area contributed by atoms with Crippen molar-refractivity contribution in [3.05, 3.63) is 42.0 Å². The van der Waals surface area contributed by atoms with Gasteiger partial charge in [-0.05, 0) is 30.5 Å². The van der Waals surface area contributed by atoms with Crippen LogP contribution in [-0.2, 0) is 20.0 Å². The van der Waals surface area contributed by atoms with E-state index in [1.807, 2.05) is 31.6 Å². The molecule has 1 saturated carbocycles. The fourth-order valence-corrected chi connectivity index (χ4v) is 2.02. The SMILES string of the molecule is Cn1cc(CCOc2ccc(CNC3CC3)nc2)cn1. The third-order valence-electron chi connectivity index (χ3n) is 3.36. The molecule has 0 atom stereocenters. The summed E-state index contributed by atoms with van der Waals surface area (Å²) in [6.45, 7) is 1.49. The Morgan fingerprint density at radius 1 is 1.35 bits per heavy atom. The highest BCUT2D eigenvalue weighted by Gasteiger charge is 2.19. The first-order valence-corrected chi connectivity index (χ1v) is 7.08. The second kappa shape index (κ2) is 6.05. The maximum Gasteiger partial charge on any atom is 0.137 e. The lowest BCUT2D eigenvalue weighted by Gasteiger charge is -2.06. The molecule has 5 nitrogen and oxygen atoms in total. The van der Waals surface area contributed by atoms with Crippen LogP contribution in [0.1, 0.15) is 24.1 Å². The van der Waals surface area contributed by atoms with Crippen molar-refractivity contribution >= 4 is 0 Å². The average Bonchev–Trinajstić information content (AvgIpc) is 3.20. The highest BCUT2D eigenvalue weighted by molar-refractivity contribution is 5.20. The van der Waals surface area contributed by atoms with Gasteiger partial charge in [-0.25, -0.2) is 0 Å². The number of rotatable bonds is 7. The van der Waals surface area contributed by atoms with Crippen LogP contribution in [0.25, 0.3) is 0 Å². The molecule has 3 rings (SSSR count). The summed E-state index contributed by atoms with van der Waals surface area (Å²) in [6.07, 6.45) is 9.14. The van der Waals surface area contributed by atoms with Gasteiger partial charge in [0.05, 0.1) is 24.7 Å². The number of hydrogen-bond donors (Lipinski definition) is 1. The van der Waals surface area contributed by atoms with Crippen molar-refractivity contribution in [1.29, 1.82) is 0 Å². The van der Waals surface area contributed by atoms with E-state index in [1.54, 1.807) is 10.9 Å². The molecular formula is C15H20N4O. The molecule has 0 radical (unpaired) electrons. The normalized spacial score (nSPS) is 14.4. The molecule has 0 aliphatic heterocycles. The topological polar surface area (TPSA) is 52.0 Å². The highest BCUT2D eigenvalue weighted by atomic mass is 16.5.